The Kier molecular flexibility index (Phi) is 3.32. The predicted octanol–water partition coefficient (Wildman–Crippen LogP) is 0.809. The number of methoxy groups -OCH3 is 1. The van der Waals surface area contributed by atoms with Gasteiger partial charge in [-0.05, 0) is 24.7 Å². The van der Waals surface area contributed by atoms with E-state index in [1.165, 1.54) is 0 Å². The molecule has 0 aromatic carbocycles. The van der Waals surface area contributed by atoms with Crippen LogP contribution in [0.3, 0.4) is 0 Å². The van der Waals surface area contributed by atoms with E-state index in [2.05, 4.69) is 22.0 Å². The minimum absolute atomic E-state index is 0.307. The lowest BCUT2D eigenvalue weighted by Gasteiger charge is -2.26. The largest absolute Gasteiger partial charge is 0.388 e. The van der Waals surface area contributed by atoms with Gasteiger partial charge in [0.2, 0.25) is 5.89 Å². The van der Waals surface area contributed by atoms with E-state index < -0.39 is 5.60 Å². The first-order chi connectivity index (χ1) is 9.11. The number of rotatable bonds is 5. The van der Waals surface area contributed by atoms with Crippen LogP contribution in [0.15, 0.2) is 4.52 Å². The number of likely N-dealkylation sites (tertiary alicyclic amines) is 1. The van der Waals surface area contributed by atoms with Crippen LogP contribution in [0.4, 0.5) is 0 Å². The molecule has 0 amide bonds. The summed E-state index contributed by atoms with van der Waals surface area (Å²) in [6.07, 6.45) is 2.32. The average molecular weight is 267 g/mol. The standard InChI is InChI=1S/C13H21N3O3/c1-9-5-16(8-13(9,17)10-3-4-10)6-12-14-11(7-18-2)15-19-12/h9-10,17H,3-8H2,1-2H3/t9-,13+/m1/s1. The summed E-state index contributed by atoms with van der Waals surface area (Å²) in [5.41, 5.74) is -0.518. The molecule has 6 heteroatoms. The van der Waals surface area contributed by atoms with Crippen LogP contribution in [0, 0.1) is 11.8 Å². The lowest BCUT2D eigenvalue weighted by Crippen LogP contribution is -2.39. The summed E-state index contributed by atoms with van der Waals surface area (Å²) in [5, 5.41) is 14.6. The number of hydrogen-bond acceptors (Lipinski definition) is 6. The molecule has 6 nitrogen and oxygen atoms in total. The van der Waals surface area contributed by atoms with E-state index in [9.17, 15) is 5.11 Å². The van der Waals surface area contributed by atoms with Gasteiger partial charge in [0.15, 0.2) is 5.82 Å². The lowest BCUT2D eigenvalue weighted by atomic mass is 9.88. The third-order valence-corrected chi connectivity index (χ3v) is 4.29. The average Bonchev–Trinajstić information content (AvgIpc) is 3.07. The fourth-order valence-electron chi connectivity index (χ4n) is 3.09. The van der Waals surface area contributed by atoms with Crippen molar-refractivity contribution in [1.29, 1.82) is 0 Å². The molecule has 0 bridgehead atoms. The summed E-state index contributed by atoms with van der Waals surface area (Å²) in [4.78, 5) is 6.47. The number of nitrogens with zero attached hydrogens (tertiary/aromatic N) is 3. The first-order valence-electron chi connectivity index (χ1n) is 6.87. The molecular weight excluding hydrogens is 246 g/mol. The van der Waals surface area contributed by atoms with Crippen molar-refractivity contribution >= 4 is 0 Å². The first kappa shape index (κ1) is 13.0. The van der Waals surface area contributed by atoms with Gasteiger partial charge in [-0.1, -0.05) is 12.1 Å². The summed E-state index contributed by atoms with van der Waals surface area (Å²) >= 11 is 0. The summed E-state index contributed by atoms with van der Waals surface area (Å²) in [6, 6.07) is 0. The minimum Gasteiger partial charge on any atom is -0.388 e. The van der Waals surface area contributed by atoms with E-state index in [1.807, 2.05) is 0 Å². The highest BCUT2D eigenvalue weighted by molar-refractivity contribution is 5.05. The third kappa shape index (κ3) is 2.52. The normalized spacial score (nSPS) is 32.1. The highest BCUT2D eigenvalue weighted by Crippen LogP contribution is 2.47. The van der Waals surface area contributed by atoms with Gasteiger partial charge in [0, 0.05) is 20.2 Å². The second-order valence-electron chi connectivity index (χ2n) is 5.87. The molecule has 1 aliphatic carbocycles. The molecule has 106 valence electrons. The number of aromatic nitrogens is 2. The highest BCUT2D eigenvalue weighted by Gasteiger charge is 2.52. The van der Waals surface area contributed by atoms with Gasteiger partial charge in [0.25, 0.3) is 0 Å². The van der Waals surface area contributed by atoms with Gasteiger partial charge >= 0.3 is 0 Å². The second kappa shape index (κ2) is 4.85. The van der Waals surface area contributed by atoms with Crippen LogP contribution in [-0.4, -0.2) is 45.9 Å². The lowest BCUT2D eigenvalue weighted by molar-refractivity contribution is -0.00484. The molecule has 2 atom stereocenters. The maximum Gasteiger partial charge on any atom is 0.240 e. The topological polar surface area (TPSA) is 71.6 Å². The number of aliphatic hydroxyl groups is 1. The molecule has 0 unspecified atom stereocenters. The molecule has 1 aromatic rings. The van der Waals surface area contributed by atoms with Crippen LogP contribution in [0.25, 0.3) is 0 Å². The van der Waals surface area contributed by atoms with Crippen molar-refractivity contribution in [1.82, 2.24) is 15.0 Å². The van der Waals surface area contributed by atoms with E-state index in [0.717, 1.165) is 19.4 Å². The maximum absolute atomic E-state index is 10.7. The van der Waals surface area contributed by atoms with Crippen molar-refractivity contribution in [2.45, 2.75) is 38.5 Å². The quantitative estimate of drug-likeness (QED) is 0.851. The number of ether oxygens (including phenoxy) is 1. The Labute approximate surface area is 112 Å². The van der Waals surface area contributed by atoms with Crippen LogP contribution in [0.2, 0.25) is 0 Å². The molecular formula is C13H21N3O3. The van der Waals surface area contributed by atoms with Gasteiger partial charge in [-0.3, -0.25) is 4.90 Å². The Morgan fingerprint density at radius 1 is 1.53 bits per heavy atom. The second-order valence-corrected chi connectivity index (χ2v) is 5.87. The van der Waals surface area contributed by atoms with Crippen molar-refractivity contribution in [3.05, 3.63) is 11.7 Å². The van der Waals surface area contributed by atoms with Gasteiger partial charge in [-0.25, -0.2) is 0 Å². The molecule has 2 aliphatic rings. The molecule has 1 saturated heterocycles. The molecule has 2 heterocycles. The van der Waals surface area contributed by atoms with Crippen molar-refractivity contribution in [3.8, 4) is 0 Å². The molecule has 1 aliphatic heterocycles. The zero-order chi connectivity index (χ0) is 13.5. The van der Waals surface area contributed by atoms with Crippen molar-refractivity contribution in [2.24, 2.45) is 11.8 Å². The fraction of sp³-hybridized carbons (Fsp3) is 0.846. The Morgan fingerprint density at radius 2 is 2.32 bits per heavy atom. The van der Waals surface area contributed by atoms with Gasteiger partial charge in [-0.2, -0.15) is 4.98 Å². The minimum atomic E-state index is -0.518. The Morgan fingerprint density at radius 3 is 3.00 bits per heavy atom. The molecule has 1 saturated carbocycles. The number of hydrogen-bond donors (Lipinski definition) is 1. The van der Waals surface area contributed by atoms with Crippen LogP contribution < -0.4 is 0 Å². The molecule has 19 heavy (non-hydrogen) atoms. The summed E-state index contributed by atoms with van der Waals surface area (Å²) in [5.74, 6) is 1.96. The smallest absolute Gasteiger partial charge is 0.240 e. The highest BCUT2D eigenvalue weighted by atomic mass is 16.5. The van der Waals surface area contributed by atoms with Crippen molar-refractivity contribution < 1.29 is 14.4 Å². The molecule has 2 fully saturated rings. The van der Waals surface area contributed by atoms with Crippen LogP contribution in [-0.2, 0) is 17.9 Å². The van der Waals surface area contributed by atoms with Crippen LogP contribution in [0.5, 0.6) is 0 Å². The zero-order valence-corrected chi connectivity index (χ0v) is 11.5. The molecule has 0 spiro atoms. The molecule has 1 N–H and O–H groups in total. The fourth-order valence-corrected chi connectivity index (χ4v) is 3.09. The molecule has 0 radical (unpaired) electrons. The monoisotopic (exact) mass is 267 g/mol. The number of β-amino-alcohol motifs (C(OH)–C–C–N with tert-alkyl or cyclic N) is 1. The van der Waals surface area contributed by atoms with Gasteiger partial charge < -0.3 is 14.4 Å². The zero-order valence-electron chi connectivity index (χ0n) is 11.5. The van der Waals surface area contributed by atoms with Crippen LogP contribution >= 0.6 is 0 Å². The third-order valence-electron chi connectivity index (χ3n) is 4.29. The van der Waals surface area contributed by atoms with Gasteiger partial charge in [0.1, 0.15) is 6.61 Å². The van der Waals surface area contributed by atoms with Crippen molar-refractivity contribution in [2.75, 3.05) is 20.2 Å². The predicted molar refractivity (Wildman–Crippen MR) is 67.1 cm³/mol. The van der Waals surface area contributed by atoms with E-state index >= 15 is 0 Å². The SMILES string of the molecule is COCc1noc(CN2C[C@@H](C)[C@](O)(C3CC3)C2)n1. The van der Waals surface area contributed by atoms with E-state index in [4.69, 9.17) is 9.26 Å². The Hall–Kier alpha value is -0.980. The van der Waals surface area contributed by atoms with E-state index in [0.29, 0.717) is 43.2 Å². The summed E-state index contributed by atoms with van der Waals surface area (Å²) in [6.45, 7) is 4.69. The van der Waals surface area contributed by atoms with Gasteiger partial charge in [-0.15, -0.1) is 0 Å². The first-order valence-corrected chi connectivity index (χ1v) is 6.87. The molecule has 3 rings (SSSR count). The maximum atomic E-state index is 10.7. The molecule has 1 aromatic heterocycles. The van der Waals surface area contributed by atoms with E-state index in [-0.39, 0.29) is 0 Å². The summed E-state index contributed by atoms with van der Waals surface area (Å²) < 4.78 is 10.2. The van der Waals surface area contributed by atoms with E-state index in [1.54, 1.807) is 7.11 Å². The van der Waals surface area contributed by atoms with Gasteiger partial charge in [0.05, 0.1) is 12.1 Å². The Bertz CT molecular complexity index is 446. The summed E-state index contributed by atoms with van der Waals surface area (Å²) in [7, 11) is 1.61. The van der Waals surface area contributed by atoms with Crippen molar-refractivity contribution in [3.63, 3.8) is 0 Å². The Balaban J connectivity index is 1.61. The van der Waals surface area contributed by atoms with Crippen LogP contribution in [0.1, 0.15) is 31.5 Å².